The molecule has 0 aliphatic heterocycles. The number of carbonyl (C=O) groups is 1. The molecule has 118 valence electrons. The zero-order chi connectivity index (χ0) is 16.2. The third-order valence-corrected chi connectivity index (χ3v) is 10.5. The first-order valence-corrected chi connectivity index (χ1v) is 15.3. The van der Waals surface area contributed by atoms with Crippen molar-refractivity contribution < 1.29 is 22.2 Å². The van der Waals surface area contributed by atoms with Gasteiger partial charge in [-0.15, -0.1) is 0 Å². The van der Waals surface area contributed by atoms with Gasteiger partial charge in [-0.1, -0.05) is 6.58 Å². The van der Waals surface area contributed by atoms with Gasteiger partial charge in [-0.25, -0.2) is 4.79 Å². The molecule has 0 aliphatic carbocycles. The number of hydrogen-bond acceptors (Lipinski definition) is 5. The van der Waals surface area contributed by atoms with E-state index in [-0.39, 0.29) is 6.23 Å². The van der Waals surface area contributed by atoms with E-state index in [1.165, 1.54) is 0 Å². The summed E-state index contributed by atoms with van der Waals surface area (Å²) in [5, 5.41) is 0. The Kier molecular flexibility index (Phi) is 7.05. The van der Waals surface area contributed by atoms with Gasteiger partial charge in [-0.2, -0.15) is 0 Å². The molecule has 0 fully saturated rings. The van der Waals surface area contributed by atoms with Crippen molar-refractivity contribution in [1.82, 2.24) is 0 Å². The summed E-state index contributed by atoms with van der Waals surface area (Å²) in [6.07, 6.45) is 0.0315. The van der Waals surface area contributed by atoms with Crippen LogP contribution < -0.4 is 0 Å². The van der Waals surface area contributed by atoms with E-state index in [1.807, 2.05) is 0 Å². The summed E-state index contributed by atoms with van der Waals surface area (Å²) in [5.74, 6) is -0.447. The average Bonchev–Trinajstić information content (AvgIpc) is 2.20. The van der Waals surface area contributed by atoms with Crippen molar-refractivity contribution in [3.05, 3.63) is 12.2 Å². The molecule has 0 aromatic carbocycles. The smallest absolute Gasteiger partial charge is 0.458 e. The lowest BCUT2D eigenvalue weighted by atomic mass is 10.4. The second kappa shape index (κ2) is 7.14. The highest BCUT2D eigenvalue weighted by atomic mass is 28.5. The zero-order valence-electron chi connectivity index (χ0n) is 14.0. The number of hydrogen-bond donors (Lipinski definition) is 0. The van der Waals surface area contributed by atoms with Crippen molar-refractivity contribution in [3.8, 4) is 0 Å². The van der Waals surface area contributed by atoms with Crippen molar-refractivity contribution >= 4 is 31.4 Å². The van der Waals surface area contributed by atoms with E-state index in [2.05, 4.69) is 45.9 Å². The third kappa shape index (κ3) is 8.12. The minimum Gasteiger partial charge on any atom is -0.458 e. The Labute approximate surface area is 125 Å². The van der Waals surface area contributed by atoms with E-state index in [4.69, 9.17) is 17.4 Å². The highest BCUT2D eigenvalue weighted by molar-refractivity contribution is 6.85. The number of carbonyl (C=O) groups excluding carboxylic acids is 1. The van der Waals surface area contributed by atoms with E-state index >= 15 is 0 Å². The highest BCUT2D eigenvalue weighted by Gasteiger charge is 2.48. The molecule has 0 saturated heterocycles. The Morgan fingerprint density at radius 1 is 1.00 bits per heavy atom. The molecule has 0 unspecified atom stereocenters. The molecule has 0 N–H and O–H groups in total. The Balaban J connectivity index is 5.11. The van der Waals surface area contributed by atoms with Crippen LogP contribution in [-0.2, 0) is 22.2 Å². The first kappa shape index (κ1) is 19.7. The lowest BCUT2D eigenvalue weighted by Crippen LogP contribution is -2.59. The van der Waals surface area contributed by atoms with Gasteiger partial charge in [0.2, 0.25) is 0 Å². The molecular weight excluding hydrogens is 308 g/mol. The number of esters is 1. The molecule has 0 bridgehead atoms. The van der Waals surface area contributed by atoms with Crippen LogP contribution in [0.4, 0.5) is 0 Å². The fourth-order valence-electron chi connectivity index (χ4n) is 1.43. The summed E-state index contributed by atoms with van der Waals surface area (Å²) in [4.78, 5) is 11.6. The molecule has 0 rings (SSSR count). The summed E-state index contributed by atoms with van der Waals surface area (Å²) >= 11 is 0. The Bertz CT molecular complexity index is 341. The normalized spacial score (nSPS) is 13.2. The molecule has 0 heterocycles. The SMILES string of the molecule is C=C(C)C(=O)OC[Si](OC)(O[Si](C)(C)C)O[Si](C)(C)C. The van der Waals surface area contributed by atoms with Gasteiger partial charge >= 0.3 is 14.8 Å². The summed E-state index contributed by atoms with van der Waals surface area (Å²) in [6, 6.07) is 0. The van der Waals surface area contributed by atoms with Crippen LogP contribution in [0.1, 0.15) is 6.92 Å². The van der Waals surface area contributed by atoms with E-state index in [9.17, 15) is 4.79 Å². The van der Waals surface area contributed by atoms with Gasteiger partial charge in [0.15, 0.2) is 22.9 Å². The van der Waals surface area contributed by atoms with Crippen LogP contribution in [0.2, 0.25) is 39.3 Å². The van der Waals surface area contributed by atoms with Gasteiger partial charge in [-0.05, 0) is 46.2 Å². The topological polar surface area (TPSA) is 54.0 Å². The molecule has 0 saturated carbocycles. The van der Waals surface area contributed by atoms with Crippen LogP contribution in [-0.4, -0.2) is 44.7 Å². The van der Waals surface area contributed by atoms with Gasteiger partial charge < -0.3 is 17.4 Å². The lowest BCUT2D eigenvalue weighted by Gasteiger charge is -2.37. The Hall–Kier alpha value is -0.259. The predicted molar refractivity (Wildman–Crippen MR) is 87.4 cm³/mol. The second-order valence-electron chi connectivity index (χ2n) is 6.67. The summed E-state index contributed by atoms with van der Waals surface area (Å²) in [7, 11) is -5.24. The Morgan fingerprint density at radius 2 is 1.40 bits per heavy atom. The minimum absolute atomic E-state index is 0.0315. The number of ether oxygens (including phenoxy) is 1. The van der Waals surface area contributed by atoms with Crippen LogP contribution in [0.3, 0.4) is 0 Å². The molecule has 8 heteroatoms. The van der Waals surface area contributed by atoms with Crippen LogP contribution >= 0.6 is 0 Å². The summed E-state index contributed by atoms with van der Waals surface area (Å²) < 4.78 is 23.1. The maximum absolute atomic E-state index is 11.6. The second-order valence-corrected chi connectivity index (χ2v) is 18.8. The molecule has 0 radical (unpaired) electrons. The van der Waals surface area contributed by atoms with Gasteiger partial charge in [0.05, 0.1) is 0 Å². The van der Waals surface area contributed by atoms with E-state index in [0.29, 0.717) is 5.57 Å². The Morgan fingerprint density at radius 3 is 1.65 bits per heavy atom. The third-order valence-electron chi connectivity index (χ3n) is 1.96. The largest absolute Gasteiger partial charge is 0.519 e. The summed E-state index contributed by atoms with van der Waals surface area (Å²) in [5.41, 5.74) is 0.352. The van der Waals surface area contributed by atoms with Crippen molar-refractivity contribution in [2.75, 3.05) is 13.3 Å². The van der Waals surface area contributed by atoms with E-state index in [1.54, 1.807) is 14.0 Å². The minimum atomic E-state index is -3.01. The van der Waals surface area contributed by atoms with Crippen LogP contribution in [0.15, 0.2) is 12.2 Å². The lowest BCUT2D eigenvalue weighted by molar-refractivity contribution is -0.138. The molecule has 0 amide bonds. The van der Waals surface area contributed by atoms with Gasteiger partial charge in [-0.3, -0.25) is 0 Å². The summed E-state index contributed by atoms with van der Waals surface area (Å²) in [6.45, 7) is 17.5. The van der Waals surface area contributed by atoms with Gasteiger partial charge in [0.25, 0.3) is 0 Å². The van der Waals surface area contributed by atoms with E-state index < -0.39 is 31.4 Å². The standard InChI is InChI=1S/C12H28O5Si3/c1-11(2)12(13)15-10-20(14-3,16-18(4,5)6)17-19(7,8)9/h1,10H2,2-9H3. The quantitative estimate of drug-likeness (QED) is 0.387. The van der Waals surface area contributed by atoms with Crippen molar-refractivity contribution in [3.63, 3.8) is 0 Å². The fraction of sp³-hybridized carbons (Fsp3) is 0.750. The zero-order valence-corrected chi connectivity index (χ0v) is 17.0. The molecular formula is C12H28O5Si3. The van der Waals surface area contributed by atoms with E-state index in [0.717, 1.165) is 0 Å². The maximum Gasteiger partial charge on any atom is 0.519 e. The first-order chi connectivity index (χ1) is 8.80. The van der Waals surface area contributed by atoms with Gasteiger partial charge in [0, 0.05) is 12.7 Å². The van der Waals surface area contributed by atoms with Crippen molar-refractivity contribution in [1.29, 1.82) is 0 Å². The molecule has 0 aromatic heterocycles. The van der Waals surface area contributed by atoms with Crippen molar-refractivity contribution in [2.24, 2.45) is 0 Å². The molecule has 0 atom stereocenters. The molecule has 5 nitrogen and oxygen atoms in total. The predicted octanol–water partition coefficient (Wildman–Crippen LogP) is 2.93. The molecule has 0 spiro atoms. The monoisotopic (exact) mass is 336 g/mol. The molecule has 0 aliphatic rings. The number of rotatable bonds is 8. The molecule has 20 heavy (non-hydrogen) atoms. The van der Waals surface area contributed by atoms with Crippen LogP contribution in [0.25, 0.3) is 0 Å². The van der Waals surface area contributed by atoms with Crippen LogP contribution in [0.5, 0.6) is 0 Å². The first-order valence-electron chi connectivity index (χ1n) is 6.58. The van der Waals surface area contributed by atoms with Gasteiger partial charge in [0.1, 0.15) is 0 Å². The van der Waals surface area contributed by atoms with Crippen LogP contribution in [0, 0.1) is 0 Å². The molecule has 0 aromatic rings. The fourth-order valence-corrected chi connectivity index (χ4v) is 11.0. The average molecular weight is 337 g/mol. The van der Waals surface area contributed by atoms with Crippen molar-refractivity contribution in [2.45, 2.75) is 46.2 Å². The highest BCUT2D eigenvalue weighted by Crippen LogP contribution is 2.22. The maximum atomic E-state index is 11.6.